The number of aromatic nitrogens is 3. The smallest absolute Gasteiger partial charge is 0.234 e. The van der Waals surface area contributed by atoms with Crippen LogP contribution in [0.5, 0.6) is 5.75 Å². The molecule has 0 aliphatic heterocycles. The number of carbonyl (C=O) groups is 1. The number of nitrogens with zero attached hydrogens (tertiary/aromatic N) is 3. The van der Waals surface area contributed by atoms with Gasteiger partial charge in [0.05, 0.1) is 10.8 Å². The maximum absolute atomic E-state index is 12.4. The van der Waals surface area contributed by atoms with Gasteiger partial charge in [-0.3, -0.25) is 9.36 Å². The summed E-state index contributed by atoms with van der Waals surface area (Å²) in [5, 5.41) is 12.6. The van der Waals surface area contributed by atoms with E-state index in [4.69, 9.17) is 16.3 Å². The summed E-state index contributed by atoms with van der Waals surface area (Å²) in [4.78, 5) is 12.4. The van der Waals surface area contributed by atoms with E-state index in [-0.39, 0.29) is 18.3 Å². The summed E-state index contributed by atoms with van der Waals surface area (Å²) in [6.07, 6.45) is 0. The van der Waals surface area contributed by atoms with E-state index in [1.54, 1.807) is 12.1 Å². The number of halogens is 1. The first-order valence-corrected chi connectivity index (χ1v) is 10.9. The van der Waals surface area contributed by atoms with Gasteiger partial charge in [-0.05, 0) is 36.4 Å². The number of anilines is 1. The fourth-order valence-corrected chi connectivity index (χ4v) is 3.84. The van der Waals surface area contributed by atoms with E-state index in [1.165, 1.54) is 11.8 Å². The zero-order valence-electron chi connectivity index (χ0n) is 16.4. The van der Waals surface area contributed by atoms with Crippen molar-refractivity contribution >= 4 is 35.0 Å². The molecule has 6 nitrogen and oxygen atoms in total. The highest BCUT2D eigenvalue weighted by molar-refractivity contribution is 7.99. The maximum Gasteiger partial charge on any atom is 0.234 e. The van der Waals surface area contributed by atoms with Gasteiger partial charge < -0.3 is 10.1 Å². The van der Waals surface area contributed by atoms with Gasteiger partial charge in [-0.25, -0.2) is 0 Å². The lowest BCUT2D eigenvalue weighted by Crippen LogP contribution is -2.14. The minimum Gasteiger partial charge on any atom is -0.484 e. The molecule has 0 atom stereocenters. The van der Waals surface area contributed by atoms with Crippen molar-refractivity contribution in [3.8, 4) is 11.4 Å². The summed E-state index contributed by atoms with van der Waals surface area (Å²) in [5.74, 6) is 1.26. The Bertz CT molecular complexity index is 1150. The molecule has 0 spiro atoms. The van der Waals surface area contributed by atoms with Gasteiger partial charge in [-0.2, -0.15) is 0 Å². The lowest BCUT2D eigenvalue weighted by molar-refractivity contribution is -0.113. The zero-order valence-corrected chi connectivity index (χ0v) is 18.0. The molecule has 1 aromatic heterocycles. The lowest BCUT2D eigenvalue weighted by Gasteiger charge is -2.11. The second-order valence-corrected chi connectivity index (χ2v) is 7.84. The molecule has 156 valence electrons. The van der Waals surface area contributed by atoms with Gasteiger partial charge in [0.25, 0.3) is 0 Å². The van der Waals surface area contributed by atoms with Crippen molar-refractivity contribution in [1.82, 2.24) is 14.8 Å². The van der Waals surface area contributed by atoms with Crippen molar-refractivity contribution in [2.24, 2.45) is 0 Å². The quantitative estimate of drug-likeness (QED) is 0.372. The fraction of sp³-hybridized carbons (Fsp3) is 0.0870. The highest BCUT2D eigenvalue weighted by atomic mass is 35.5. The summed E-state index contributed by atoms with van der Waals surface area (Å²) in [6.45, 7) is 0.183. The molecule has 0 bridgehead atoms. The van der Waals surface area contributed by atoms with Crippen LogP contribution in [0.15, 0.2) is 90.1 Å². The van der Waals surface area contributed by atoms with Crippen LogP contribution in [-0.4, -0.2) is 26.4 Å². The van der Waals surface area contributed by atoms with E-state index in [9.17, 15) is 4.79 Å². The van der Waals surface area contributed by atoms with Gasteiger partial charge in [0.2, 0.25) is 5.91 Å². The van der Waals surface area contributed by atoms with E-state index < -0.39 is 0 Å². The number of thioether (sulfide) groups is 1. The first kappa shape index (κ1) is 21.0. The number of hydrogen-bond acceptors (Lipinski definition) is 5. The molecule has 0 radical (unpaired) electrons. The number of hydrogen-bond donors (Lipinski definition) is 1. The fourth-order valence-electron chi connectivity index (χ4n) is 2.88. The average Bonchev–Trinajstić information content (AvgIpc) is 3.21. The van der Waals surface area contributed by atoms with Gasteiger partial charge in [-0.15, -0.1) is 10.2 Å². The van der Waals surface area contributed by atoms with E-state index >= 15 is 0 Å². The molecule has 4 aromatic rings. The number of para-hydroxylation sites is 3. The van der Waals surface area contributed by atoms with Gasteiger partial charge in [0.1, 0.15) is 12.4 Å². The van der Waals surface area contributed by atoms with Gasteiger partial charge in [-0.1, -0.05) is 71.9 Å². The van der Waals surface area contributed by atoms with Crippen molar-refractivity contribution in [1.29, 1.82) is 0 Å². The molecule has 4 rings (SSSR count). The third-order valence-electron chi connectivity index (χ3n) is 4.30. The number of carbonyl (C=O) groups excluding carboxylic acids is 1. The third-order valence-corrected chi connectivity index (χ3v) is 5.54. The van der Waals surface area contributed by atoms with E-state index in [0.717, 1.165) is 11.4 Å². The monoisotopic (exact) mass is 450 g/mol. The SMILES string of the molecule is O=C(CSc1nnc(COc2ccccc2Cl)n1-c1ccccc1)Nc1ccccc1. The minimum atomic E-state index is -0.118. The Balaban J connectivity index is 1.51. The van der Waals surface area contributed by atoms with Crippen LogP contribution < -0.4 is 10.1 Å². The molecule has 0 unspecified atom stereocenters. The van der Waals surface area contributed by atoms with Crippen molar-refractivity contribution < 1.29 is 9.53 Å². The van der Waals surface area contributed by atoms with Crippen LogP contribution in [-0.2, 0) is 11.4 Å². The molecule has 8 heteroatoms. The zero-order chi connectivity index (χ0) is 21.5. The normalized spacial score (nSPS) is 10.6. The van der Waals surface area contributed by atoms with E-state index in [0.29, 0.717) is 21.8 Å². The van der Waals surface area contributed by atoms with Gasteiger partial charge in [0.15, 0.2) is 11.0 Å². The molecular weight excluding hydrogens is 432 g/mol. The number of benzene rings is 3. The van der Waals surface area contributed by atoms with Crippen LogP contribution in [0.25, 0.3) is 5.69 Å². The largest absolute Gasteiger partial charge is 0.484 e. The predicted octanol–water partition coefficient (Wildman–Crippen LogP) is 5.23. The molecule has 31 heavy (non-hydrogen) atoms. The Morgan fingerprint density at radius 2 is 1.61 bits per heavy atom. The summed E-state index contributed by atoms with van der Waals surface area (Å²) in [5.41, 5.74) is 1.64. The number of amides is 1. The molecule has 3 aromatic carbocycles. The number of rotatable bonds is 8. The Hall–Kier alpha value is -3.29. The van der Waals surface area contributed by atoms with Crippen LogP contribution in [0.1, 0.15) is 5.82 Å². The molecule has 1 N–H and O–H groups in total. The highest BCUT2D eigenvalue weighted by Crippen LogP contribution is 2.26. The second kappa shape index (κ2) is 10.1. The van der Waals surface area contributed by atoms with Crippen molar-refractivity contribution in [2.75, 3.05) is 11.1 Å². The van der Waals surface area contributed by atoms with Crippen LogP contribution >= 0.6 is 23.4 Å². The second-order valence-electron chi connectivity index (χ2n) is 6.49. The summed E-state index contributed by atoms with van der Waals surface area (Å²) in [6, 6.07) is 26.3. The summed E-state index contributed by atoms with van der Waals surface area (Å²) < 4.78 is 7.75. The molecule has 1 amide bonds. The average molecular weight is 451 g/mol. The molecule has 0 aliphatic rings. The van der Waals surface area contributed by atoms with Crippen molar-refractivity contribution in [2.45, 2.75) is 11.8 Å². The van der Waals surface area contributed by atoms with Crippen LogP contribution in [0, 0.1) is 0 Å². The minimum absolute atomic E-state index is 0.118. The Labute approximate surface area is 189 Å². The molecule has 1 heterocycles. The summed E-state index contributed by atoms with van der Waals surface area (Å²) in [7, 11) is 0. The Kier molecular flexibility index (Phi) is 6.86. The molecule has 0 saturated heterocycles. The first-order valence-electron chi connectivity index (χ1n) is 9.55. The van der Waals surface area contributed by atoms with Crippen LogP contribution in [0.3, 0.4) is 0 Å². The summed E-state index contributed by atoms with van der Waals surface area (Å²) >= 11 is 7.50. The molecule has 0 aliphatic carbocycles. The van der Waals surface area contributed by atoms with Crippen LogP contribution in [0.2, 0.25) is 5.02 Å². The predicted molar refractivity (Wildman–Crippen MR) is 123 cm³/mol. The Morgan fingerprint density at radius 3 is 2.35 bits per heavy atom. The van der Waals surface area contributed by atoms with Gasteiger partial charge in [0, 0.05) is 11.4 Å². The highest BCUT2D eigenvalue weighted by Gasteiger charge is 2.17. The Morgan fingerprint density at radius 1 is 0.935 bits per heavy atom. The van der Waals surface area contributed by atoms with Crippen molar-refractivity contribution in [3.05, 3.63) is 95.8 Å². The lowest BCUT2D eigenvalue weighted by atomic mass is 10.3. The molecular formula is C23H19ClN4O2S. The van der Waals surface area contributed by atoms with E-state index in [2.05, 4.69) is 15.5 Å². The topological polar surface area (TPSA) is 69.0 Å². The van der Waals surface area contributed by atoms with E-state index in [1.807, 2.05) is 77.4 Å². The van der Waals surface area contributed by atoms with Crippen molar-refractivity contribution in [3.63, 3.8) is 0 Å². The van der Waals surface area contributed by atoms with Gasteiger partial charge >= 0.3 is 0 Å². The first-order chi connectivity index (χ1) is 15.2. The maximum atomic E-state index is 12.4. The molecule has 0 fully saturated rings. The number of ether oxygens (including phenoxy) is 1. The molecule has 0 saturated carbocycles. The number of nitrogens with one attached hydrogen (secondary N) is 1. The third kappa shape index (κ3) is 5.45. The van der Waals surface area contributed by atoms with Crippen LogP contribution in [0.4, 0.5) is 5.69 Å². The standard InChI is InChI=1S/C23H19ClN4O2S/c24-19-13-7-8-14-20(19)30-15-21-26-27-23(28(21)18-11-5-2-6-12-18)31-16-22(29)25-17-9-3-1-4-10-17/h1-14H,15-16H2,(H,25,29).